The average Bonchev–Trinajstić information content (AvgIpc) is 2.40. The van der Waals surface area contributed by atoms with Crippen LogP contribution in [0.2, 0.25) is 0 Å². The molecule has 0 saturated carbocycles. The highest BCUT2D eigenvalue weighted by atomic mass is 79.9. The van der Waals surface area contributed by atoms with Gasteiger partial charge in [0.15, 0.2) is 0 Å². The Morgan fingerprint density at radius 1 is 1.32 bits per heavy atom. The lowest BCUT2D eigenvalue weighted by molar-refractivity contribution is 0.0695. The first kappa shape index (κ1) is 13.9. The maximum Gasteiger partial charge on any atom is 0.336 e. The van der Waals surface area contributed by atoms with Gasteiger partial charge in [-0.3, -0.25) is 9.19 Å². The van der Waals surface area contributed by atoms with Gasteiger partial charge in [0.05, 0.1) is 27.8 Å². The summed E-state index contributed by atoms with van der Waals surface area (Å²) in [6, 6.07) is 10.1. The summed E-state index contributed by atoms with van der Waals surface area (Å²) in [5.74, 6) is -0.787. The molecule has 0 bridgehead atoms. The first-order valence-electron chi connectivity index (χ1n) is 5.39. The second-order valence-corrected chi connectivity index (χ2v) is 6.06. The fraction of sp³-hybridized carbons (Fsp3) is 0.0769. The minimum atomic E-state index is -1.32. The predicted molar refractivity (Wildman–Crippen MR) is 75.5 cm³/mol. The molecule has 0 saturated heterocycles. The predicted octanol–water partition coefficient (Wildman–Crippen LogP) is 2.85. The number of hydrogen-bond acceptors (Lipinski definition) is 3. The van der Waals surface area contributed by atoms with Crippen LogP contribution in [0.1, 0.15) is 16.1 Å². The van der Waals surface area contributed by atoms with Crippen molar-refractivity contribution in [3.63, 3.8) is 0 Å². The summed E-state index contributed by atoms with van der Waals surface area (Å²) in [6.07, 6.45) is 1.64. The number of nitrogens with zero attached hydrogens (tertiary/aromatic N) is 1. The molecule has 2 aromatic rings. The third kappa shape index (κ3) is 3.48. The highest BCUT2D eigenvalue weighted by Crippen LogP contribution is 2.21. The number of carbonyl (C=O) groups is 1. The van der Waals surface area contributed by atoms with E-state index in [4.69, 9.17) is 5.11 Å². The lowest BCUT2D eigenvalue weighted by atomic mass is 10.2. The number of carboxylic acids is 1. The van der Waals surface area contributed by atoms with E-state index in [9.17, 15) is 9.00 Å². The zero-order chi connectivity index (χ0) is 13.8. The molecule has 0 amide bonds. The number of carboxylic acid groups (broad SMARTS) is 1. The molecule has 0 aliphatic heterocycles. The van der Waals surface area contributed by atoms with E-state index in [-0.39, 0.29) is 11.3 Å². The van der Waals surface area contributed by atoms with E-state index in [0.717, 1.165) is 0 Å². The van der Waals surface area contributed by atoms with E-state index in [2.05, 4.69) is 20.9 Å². The summed E-state index contributed by atoms with van der Waals surface area (Å²) < 4.78 is 12.6. The van der Waals surface area contributed by atoms with Crippen LogP contribution in [0.3, 0.4) is 0 Å². The molecule has 1 unspecified atom stereocenters. The van der Waals surface area contributed by atoms with Crippen molar-refractivity contribution in [2.45, 2.75) is 10.6 Å². The topological polar surface area (TPSA) is 67.3 Å². The van der Waals surface area contributed by atoms with Gasteiger partial charge >= 0.3 is 5.97 Å². The first-order valence-corrected chi connectivity index (χ1v) is 7.50. The molecule has 0 radical (unpaired) electrons. The monoisotopic (exact) mass is 339 g/mol. The van der Waals surface area contributed by atoms with Crippen LogP contribution < -0.4 is 0 Å². The van der Waals surface area contributed by atoms with Crippen molar-refractivity contribution in [1.82, 2.24) is 4.98 Å². The number of benzene rings is 1. The molecule has 1 heterocycles. The van der Waals surface area contributed by atoms with Gasteiger partial charge in [-0.15, -0.1) is 0 Å². The third-order valence-corrected chi connectivity index (χ3v) is 4.47. The molecular formula is C13H10BrNO3S. The van der Waals surface area contributed by atoms with Crippen LogP contribution in [0.4, 0.5) is 0 Å². The summed E-state index contributed by atoms with van der Waals surface area (Å²) in [5.41, 5.74) is 0.812. The minimum absolute atomic E-state index is 0.104. The Morgan fingerprint density at radius 3 is 2.74 bits per heavy atom. The Bertz CT molecular complexity index is 631. The standard InChI is InChI=1S/C13H10BrNO3S/c14-12-5-4-10(7-11(12)13(16)17)19(18)8-9-3-1-2-6-15-9/h1-7H,8H2,(H,16,17). The summed E-state index contributed by atoms with van der Waals surface area (Å²) in [5, 5.41) is 9.02. The van der Waals surface area contributed by atoms with Gasteiger partial charge in [0.2, 0.25) is 0 Å². The highest BCUT2D eigenvalue weighted by Gasteiger charge is 2.12. The van der Waals surface area contributed by atoms with Crippen molar-refractivity contribution in [2.75, 3.05) is 0 Å². The number of aromatic carboxylic acids is 1. The number of rotatable bonds is 4. The molecule has 2 rings (SSSR count). The van der Waals surface area contributed by atoms with E-state index in [1.165, 1.54) is 6.07 Å². The number of pyridine rings is 1. The maximum atomic E-state index is 12.2. The smallest absolute Gasteiger partial charge is 0.336 e. The fourth-order valence-electron chi connectivity index (χ4n) is 1.51. The van der Waals surface area contributed by atoms with Gasteiger partial charge in [0.1, 0.15) is 0 Å². The molecule has 0 spiro atoms. The molecule has 1 N–H and O–H groups in total. The van der Waals surface area contributed by atoms with Gasteiger partial charge in [-0.25, -0.2) is 4.79 Å². The van der Waals surface area contributed by atoms with Crippen molar-refractivity contribution >= 4 is 32.7 Å². The molecule has 0 fully saturated rings. The molecule has 0 aliphatic rings. The van der Waals surface area contributed by atoms with Gasteiger partial charge in [-0.1, -0.05) is 6.07 Å². The second-order valence-electron chi connectivity index (χ2n) is 3.76. The van der Waals surface area contributed by atoms with Crippen molar-refractivity contribution in [1.29, 1.82) is 0 Å². The van der Waals surface area contributed by atoms with E-state index in [1.807, 2.05) is 6.07 Å². The molecule has 98 valence electrons. The minimum Gasteiger partial charge on any atom is -0.478 e. The average molecular weight is 340 g/mol. The summed E-state index contributed by atoms with van der Waals surface area (Å²) >= 11 is 3.15. The van der Waals surface area contributed by atoms with Crippen molar-refractivity contribution in [3.05, 3.63) is 58.3 Å². The Hall–Kier alpha value is -1.53. The molecule has 1 aromatic carbocycles. The molecule has 1 aromatic heterocycles. The largest absolute Gasteiger partial charge is 0.478 e. The van der Waals surface area contributed by atoms with Gasteiger partial charge in [0.25, 0.3) is 0 Å². The van der Waals surface area contributed by atoms with Crippen molar-refractivity contribution < 1.29 is 14.1 Å². The van der Waals surface area contributed by atoms with E-state index in [1.54, 1.807) is 30.5 Å². The van der Waals surface area contributed by atoms with Crippen LogP contribution in [0, 0.1) is 0 Å². The third-order valence-electron chi connectivity index (χ3n) is 2.44. The lowest BCUT2D eigenvalue weighted by Gasteiger charge is -2.05. The summed E-state index contributed by atoms with van der Waals surface area (Å²) in [4.78, 5) is 15.6. The lowest BCUT2D eigenvalue weighted by Crippen LogP contribution is -2.02. The quantitative estimate of drug-likeness (QED) is 0.929. The molecule has 0 aliphatic carbocycles. The zero-order valence-corrected chi connectivity index (χ0v) is 12.1. The summed E-state index contributed by atoms with van der Waals surface area (Å²) in [6.45, 7) is 0. The maximum absolute atomic E-state index is 12.2. The van der Waals surface area contributed by atoms with Gasteiger partial charge in [0, 0.05) is 15.6 Å². The van der Waals surface area contributed by atoms with Crippen molar-refractivity contribution in [3.8, 4) is 0 Å². The van der Waals surface area contributed by atoms with Crippen LogP contribution in [-0.2, 0) is 16.6 Å². The summed E-state index contributed by atoms with van der Waals surface area (Å²) in [7, 11) is -1.32. The SMILES string of the molecule is O=C(O)c1cc(S(=O)Cc2ccccn2)ccc1Br. The van der Waals surface area contributed by atoms with Crippen LogP contribution in [0.25, 0.3) is 0 Å². The highest BCUT2D eigenvalue weighted by molar-refractivity contribution is 9.10. The Morgan fingerprint density at radius 2 is 2.11 bits per heavy atom. The second kappa shape index (κ2) is 6.08. The molecular weight excluding hydrogens is 330 g/mol. The van der Waals surface area contributed by atoms with Crippen molar-refractivity contribution in [2.24, 2.45) is 0 Å². The molecule has 6 heteroatoms. The zero-order valence-electron chi connectivity index (χ0n) is 9.75. The number of aromatic nitrogens is 1. The Balaban J connectivity index is 2.25. The van der Waals surface area contributed by atoms with Crippen LogP contribution in [-0.4, -0.2) is 20.3 Å². The number of hydrogen-bond donors (Lipinski definition) is 1. The fourth-order valence-corrected chi connectivity index (χ4v) is 3.00. The van der Waals surface area contributed by atoms with Gasteiger partial charge in [-0.05, 0) is 46.3 Å². The Labute approximate surface area is 121 Å². The molecule has 4 nitrogen and oxygen atoms in total. The van der Waals surface area contributed by atoms with E-state index < -0.39 is 16.8 Å². The Kier molecular flexibility index (Phi) is 4.44. The van der Waals surface area contributed by atoms with E-state index >= 15 is 0 Å². The van der Waals surface area contributed by atoms with E-state index in [0.29, 0.717) is 15.1 Å². The van der Waals surface area contributed by atoms with Crippen LogP contribution in [0.5, 0.6) is 0 Å². The van der Waals surface area contributed by atoms with Crippen LogP contribution >= 0.6 is 15.9 Å². The van der Waals surface area contributed by atoms with Gasteiger partial charge in [-0.2, -0.15) is 0 Å². The molecule has 1 atom stereocenters. The normalized spacial score (nSPS) is 12.1. The first-order chi connectivity index (χ1) is 9.08. The van der Waals surface area contributed by atoms with Crippen LogP contribution in [0.15, 0.2) is 52.0 Å². The molecule has 19 heavy (non-hydrogen) atoms. The van der Waals surface area contributed by atoms with Gasteiger partial charge < -0.3 is 5.11 Å². The number of halogens is 1.